The number of unbranched alkanes of at least 4 members (excludes halogenated alkanes) is 13. The van der Waals surface area contributed by atoms with Gasteiger partial charge in [0.05, 0.1) is 28.5 Å². The molecule has 2 heterocycles. The topological polar surface area (TPSA) is 65.9 Å². The molecule has 0 amide bonds. The van der Waals surface area contributed by atoms with Crippen molar-refractivity contribution < 1.29 is 14.8 Å². The maximum Gasteiger partial charge on any atom is 0.268 e. The lowest BCUT2D eigenvalue weighted by atomic mass is 10.0. The zero-order valence-corrected chi connectivity index (χ0v) is 30.6. The summed E-state index contributed by atoms with van der Waals surface area (Å²) in [5, 5.41) is 18.0. The van der Waals surface area contributed by atoms with Crippen LogP contribution in [0.2, 0.25) is 10.0 Å². The van der Waals surface area contributed by atoms with E-state index in [1.54, 1.807) is 24.1 Å². The van der Waals surface area contributed by atoms with Crippen LogP contribution >= 0.6 is 23.2 Å². The smallest absolute Gasteiger partial charge is 0.268 e. The van der Waals surface area contributed by atoms with E-state index < -0.39 is 0 Å². The summed E-state index contributed by atoms with van der Waals surface area (Å²) in [6.07, 6.45) is 22.6. The van der Waals surface area contributed by atoms with Gasteiger partial charge in [0.2, 0.25) is 6.20 Å². The van der Waals surface area contributed by atoms with Crippen molar-refractivity contribution in [2.24, 2.45) is 4.99 Å². The predicted molar refractivity (Wildman–Crippen MR) is 201 cm³/mol. The third-order valence-electron chi connectivity index (χ3n) is 9.19. The van der Waals surface area contributed by atoms with Crippen molar-refractivity contribution in [3.63, 3.8) is 0 Å². The van der Waals surface area contributed by atoms with Gasteiger partial charge in [-0.05, 0) is 49.4 Å². The van der Waals surface area contributed by atoms with Gasteiger partial charge in [0.25, 0.3) is 5.52 Å². The summed E-state index contributed by atoms with van der Waals surface area (Å²) in [5.41, 5.74) is 2.63. The maximum absolute atomic E-state index is 10.3. The van der Waals surface area contributed by atoms with Gasteiger partial charge >= 0.3 is 0 Å². The molecule has 0 aliphatic rings. The summed E-state index contributed by atoms with van der Waals surface area (Å²) in [5.74, 6) is 0. The molecule has 0 bridgehead atoms. The van der Waals surface area contributed by atoms with E-state index in [4.69, 9.17) is 33.0 Å². The lowest BCUT2D eigenvalue weighted by molar-refractivity contribution is -0.865. The van der Waals surface area contributed by atoms with Gasteiger partial charge in [-0.15, -0.1) is 0 Å². The lowest BCUT2D eigenvalue weighted by Crippen LogP contribution is -2.40. The van der Waals surface area contributed by atoms with Crippen molar-refractivity contribution in [1.82, 2.24) is 9.63 Å². The highest BCUT2D eigenvalue weighted by Gasteiger charge is 2.15. The molecular formula is C39H56Cl2N5O2+. The predicted octanol–water partition coefficient (Wildman–Crippen LogP) is 9.48. The number of aromatic nitrogens is 2. The van der Waals surface area contributed by atoms with Gasteiger partial charge < -0.3 is 10.5 Å². The second kappa shape index (κ2) is 21.2. The number of fused-ring (bicyclic) bond motifs is 2. The molecule has 2 N–H and O–H groups in total. The van der Waals surface area contributed by atoms with Crippen LogP contribution in [-0.2, 0) is 0 Å². The minimum absolute atomic E-state index is 0.584. The first-order valence-corrected chi connectivity index (χ1v) is 18.9. The van der Waals surface area contributed by atoms with Gasteiger partial charge in [-0.25, -0.2) is 0 Å². The second-order valence-electron chi connectivity index (χ2n) is 12.9. The summed E-state index contributed by atoms with van der Waals surface area (Å²) in [7, 11) is 1.66. The van der Waals surface area contributed by atoms with Gasteiger partial charge in [-0.2, -0.15) is 4.73 Å². The molecule has 2 aromatic carbocycles. The number of nitrogens with zero attached hydrogens (tertiary/aromatic N) is 4. The van der Waals surface area contributed by atoms with Crippen molar-refractivity contribution in [2.45, 2.75) is 96.8 Å². The largest absolute Gasteiger partial charge is 0.428 e. The molecule has 262 valence electrons. The number of anilines is 1. The molecule has 7 nitrogen and oxygen atoms in total. The number of nitrogens with one attached hydrogen (secondary N) is 1. The maximum atomic E-state index is 10.3. The van der Waals surface area contributed by atoms with E-state index in [-0.39, 0.29) is 0 Å². The minimum atomic E-state index is 0.584. The van der Waals surface area contributed by atoms with Crippen LogP contribution in [-0.4, -0.2) is 54.7 Å². The van der Waals surface area contributed by atoms with Crippen LogP contribution in [0.5, 0.6) is 0 Å². The summed E-state index contributed by atoms with van der Waals surface area (Å²) in [6.45, 7) is 6.58. The molecule has 2 aromatic heterocycles. The van der Waals surface area contributed by atoms with E-state index in [9.17, 15) is 5.21 Å². The Bertz CT molecular complexity index is 1610. The fraction of sp³-hybridized carbons (Fsp3) is 0.538. The highest BCUT2D eigenvalue weighted by atomic mass is 35.5. The average Bonchev–Trinajstić information content (AvgIpc) is 3.09. The van der Waals surface area contributed by atoms with Crippen LogP contribution in [0.4, 0.5) is 5.69 Å². The molecule has 0 aliphatic carbocycles. The van der Waals surface area contributed by atoms with Crippen LogP contribution in [0.15, 0.2) is 65.9 Å². The Morgan fingerprint density at radius 2 is 1.40 bits per heavy atom. The van der Waals surface area contributed by atoms with E-state index in [1.165, 1.54) is 89.9 Å². The summed E-state index contributed by atoms with van der Waals surface area (Å²) >= 11 is 12.5. The molecule has 0 saturated heterocycles. The van der Waals surface area contributed by atoms with Crippen LogP contribution in [0.3, 0.4) is 0 Å². The third-order valence-corrected chi connectivity index (χ3v) is 9.66. The molecule has 4 rings (SSSR count). The Morgan fingerprint density at radius 1 is 0.771 bits per heavy atom. The third kappa shape index (κ3) is 12.2. The van der Waals surface area contributed by atoms with Crippen molar-refractivity contribution in [3.05, 3.63) is 76.3 Å². The van der Waals surface area contributed by atoms with Gasteiger partial charge in [0.1, 0.15) is 7.11 Å². The second-order valence-corrected chi connectivity index (χ2v) is 13.7. The van der Waals surface area contributed by atoms with E-state index in [0.29, 0.717) is 22.1 Å². The van der Waals surface area contributed by atoms with Crippen LogP contribution in [0.25, 0.3) is 21.8 Å². The van der Waals surface area contributed by atoms with Crippen LogP contribution < -0.4 is 20.2 Å². The number of hydrogen-bond donors (Lipinski definition) is 2. The molecule has 0 fully saturated rings. The Kier molecular flexibility index (Phi) is 16.7. The van der Waals surface area contributed by atoms with Crippen molar-refractivity contribution >= 4 is 50.7 Å². The van der Waals surface area contributed by atoms with Gasteiger partial charge in [-0.1, -0.05) is 114 Å². The quantitative estimate of drug-likeness (QED) is 0.0461. The highest BCUT2D eigenvalue weighted by molar-refractivity contribution is 6.31. The van der Waals surface area contributed by atoms with Crippen molar-refractivity contribution in [3.8, 4) is 0 Å². The molecular weight excluding hydrogens is 641 g/mol. The Labute approximate surface area is 297 Å². The monoisotopic (exact) mass is 696 g/mol. The molecule has 0 radical (unpaired) electrons. The first kappa shape index (κ1) is 37.8. The molecule has 0 spiro atoms. The molecule has 0 atom stereocenters. The molecule has 4 aromatic rings. The Morgan fingerprint density at radius 3 is 2.06 bits per heavy atom. The fourth-order valence-corrected chi connectivity index (χ4v) is 6.76. The normalized spacial score (nSPS) is 12.1. The fourth-order valence-electron chi connectivity index (χ4n) is 6.43. The van der Waals surface area contributed by atoms with Crippen molar-refractivity contribution in [2.75, 3.05) is 45.2 Å². The highest BCUT2D eigenvalue weighted by Crippen LogP contribution is 2.23. The summed E-state index contributed by atoms with van der Waals surface area (Å²) < 4.78 is 2.83. The number of pyridine rings is 2. The number of benzene rings is 2. The Hall–Kier alpha value is -3.00. The number of hydrogen-bond acceptors (Lipinski definition) is 5. The molecule has 0 aliphatic heterocycles. The van der Waals surface area contributed by atoms with E-state index in [0.717, 1.165) is 58.2 Å². The van der Waals surface area contributed by atoms with Crippen molar-refractivity contribution in [1.29, 1.82) is 0 Å². The summed E-state index contributed by atoms with van der Waals surface area (Å²) in [4.78, 5) is 13.0. The average molecular weight is 698 g/mol. The zero-order valence-electron chi connectivity index (χ0n) is 29.1. The van der Waals surface area contributed by atoms with Gasteiger partial charge in [0, 0.05) is 58.1 Å². The van der Waals surface area contributed by atoms with Crippen LogP contribution in [0, 0.1) is 0 Å². The van der Waals surface area contributed by atoms with Crippen LogP contribution in [0.1, 0.15) is 96.8 Å². The standard InChI is InChI=1S/C39H55Cl2N5O2/c1-3-4-5-6-7-8-9-10-11-12-13-14-15-16-25-44(28-23-42-36-21-26-45(47)38-30-32(40)17-19-34(36)38)29-24-43-37-22-27-46(48-2)39-31-33(41)18-20-35(37)39/h17-22,26-27,30-31,47H,3-16,23-25,28-29H2,1-2H3/p+1. The van der Waals surface area contributed by atoms with E-state index >= 15 is 0 Å². The molecule has 0 unspecified atom stereocenters. The Balaban J connectivity index is 1.27. The van der Waals surface area contributed by atoms with Gasteiger partial charge in [-0.3, -0.25) is 14.7 Å². The molecule has 0 saturated carbocycles. The summed E-state index contributed by atoms with van der Waals surface area (Å²) in [6, 6.07) is 15.3. The van der Waals surface area contributed by atoms with E-state index in [2.05, 4.69) is 17.1 Å². The molecule has 48 heavy (non-hydrogen) atoms. The lowest BCUT2D eigenvalue weighted by Gasteiger charge is -2.22. The number of halogens is 2. The zero-order chi connectivity index (χ0) is 34.0. The minimum Gasteiger partial charge on any atom is -0.428 e. The molecule has 9 heteroatoms. The van der Waals surface area contributed by atoms with Gasteiger partial charge in [0.15, 0.2) is 0 Å². The van der Waals surface area contributed by atoms with E-state index in [1.807, 2.05) is 48.7 Å². The number of rotatable bonds is 23. The first-order chi connectivity index (χ1) is 23.5. The SMILES string of the molecule is CCCCCCCCCCCCCCCCN(CCN=c1ccn(O)c2cc(Cl)ccc12)CCNc1cc[n+](OC)c2cc(Cl)ccc12. The first-order valence-electron chi connectivity index (χ1n) is 18.2.